The summed E-state index contributed by atoms with van der Waals surface area (Å²) < 4.78 is 0. The third-order valence-electron chi connectivity index (χ3n) is 0. The maximum Gasteiger partial charge on any atom is -0.0187 e. The van der Waals surface area contributed by atoms with Gasteiger partial charge in [0.15, 0.2) is 0 Å². The first-order valence-corrected chi connectivity index (χ1v) is 0.931. The van der Waals surface area contributed by atoms with Crippen LogP contribution in [0.25, 0.3) is 0 Å². The van der Waals surface area contributed by atoms with E-state index in [2.05, 4.69) is 18.4 Å². The molecule has 0 heterocycles. The molecular formula is CH8N4. The predicted molar refractivity (Wildman–Crippen MR) is 21.4 cm³/mol. The van der Waals surface area contributed by atoms with Crippen molar-refractivity contribution >= 4 is 6.72 Å². The van der Waals surface area contributed by atoms with Gasteiger partial charge in [0.2, 0.25) is 0 Å². The van der Waals surface area contributed by atoms with Crippen molar-refractivity contribution in [3.63, 3.8) is 0 Å². The smallest absolute Gasteiger partial charge is 0.0187 e. The maximum absolute atomic E-state index is 5.50. The topological polar surface area (TPSA) is 87.9 Å². The van der Waals surface area contributed by atoms with Crippen LogP contribution in [0.15, 0.2) is 0 Å². The second kappa shape index (κ2) is 76.3. The molecule has 4 nitrogen and oxygen atoms in total. The normalized spacial score (nSPS) is 4.40. The zero-order valence-electron chi connectivity index (χ0n) is 2.86. The Morgan fingerprint density at radius 2 is 1.40 bits per heavy atom. The van der Waals surface area contributed by atoms with E-state index in [1.807, 2.05) is 0 Å². The lowest BCUT2D eigenvalue weighted by Gasteiger charge is -1.64. The van der Waals surface area contributed by atoms with E-state index < -0.39 is 0 Å². The summed E-state index contributed by atoms with van der Waals surface area (Å²) in [6.45, 7) is 2.50. The van der Waals surface area contributed by atoms with E-state index in [0.717, 1.165) is 0 Å². The minimum absolute atomic E-state index is 1.75. The van der Waals surface area contributed by atoms with Crippen molar-refractivity contribution < 1.29 is 0 Å². The number of rotatable bonds is 0. The first-order chi connectivity index (χ1) is 2.41. The first kappa shape index (κ1) is 8.82. The molecule has 0 radical (unpaired) electrons. The van der Waals surface area contributed by atoms with Gasteiger partial charge in [-0.15, -0.1) is 0 Å². The van der Waals surface area contributed by atoms with Crippen LogP contribution in [0.4, 0.5) is 0 Å². The summed E-state index contributed by atoms with van der Waals surface area (Å²) in [5.74, 6) is 8.75. The van der Waals surface area contributed by atoms with Gasteiger partial charge in [-0.05, 0) is 6.72 Å². The Balaban J connectivity index is 0. The highest BCUT2D eigenvalue weighted by molar-refractivity contribution is 5.15. The van der Waals surface area contributed by atoms with Gasteiger partial charge in [-0.2, -0.15) is 5.53 Å². The van der Waals surface area contributed by atoms with Crippen LogP contribution in [0.5, 0.6) is 0 Å². The highest BCUT2D eigenvalue weighted by Crippen LogP contribution is 0.633. The van der Waals surface area contributed by atoms with Crippen molar-refractivity contribution in [3.8, 4) is 0 Å². The highest BCUT2D eigenvalue weighted by Gasteiger charge is 1.19. The summed E-state index contributed by atoms with van der Waals surface area (Å²) in [6, 6.07) is 0. The van der Waals surface area contributed by atoms with Crippen LogP contribution in [0.2, 0.25) is 0 Å². The van der Waals surface area contributed by atoms with Crippen LogP contribution < -0.4 is 17.2 Å². The van der Waals surface area contributed by atoms with Crippen LogP contribution in [-0.2, 0) is 0 Å². The number of hydrogen-bond acceptors (Lipinski definition) is 4. The molecule has 0 aromatic heterocycles. The van der Waals surface area contributed by atoms with Crippen molar-refractivity contribution in [2.45, 2.75) is 0 Å². The van der Waals surface area contributed by atoms with Crippen LogP contribution >= 0.6 is 0 Å². The lowest BCUT2D eigenvalue weighted by atomic mass is 11.8. The van der Waals surface area contributed by atoms with Crippen LogP contribution in [0.1, 0.15) is 0 Å². The summed E-state index contributed by atoms with van der Waals surface area (Å²) in [7, 11) is 0. The Kier molecular flexibility index (Phi) is 135. The summed E-state index contributed by atoms with van der Waals surface area (Å²) in [5.41, 5.74) is 1.75. The van der Waals surface area contributed by atoms with Gasteiger partial charge in [0.25, 0.3) is 0 Å². The van der Waals surface area contributed by atoms with Gasteiger partial charge in [0.05, 0.1) is 0 Å². The molecular weight excluding hydrogens is 68.0 g/mol. The molecule has 0 rings (SSSR count). The summed E-state index contributed by atoms with van der Waals surface area (Å²) >= 11 is 0. The van der Waals surface area contributed by atoms with Crippen LogP contribution in [-0.4, -0.2) is 6.72 Å². The number of nitrogens with two attached hydrogens (primary N) is 2. The van der Waals surface area contributed by atoms with Crippen molar-refractivity contribution in [1.82, 2.24) is 5.53 Å². The molecule has 0 atom stereocenters. The summed E-state index contributed by atoms with van der Waals surface area (Å²) in [4.78, 5) is 0. The van der Waals surface area contributed by atoms with Gasteiger partial charge < -0.3 is 5.41 Å². The van der Waals surface area contributed by atoms with Gasteiger partial charge in [0, 0.05) is 0 Å². The molecule has 0 fully saturated rings. The maximum atomic E-state index is 5.50. The average molecular weight is 76.1 g/mol. The molecule has 0 aliphatic rings. The van der Waals surface area contributed by atoms with E-state index in [1.54, 1.807) is 5.53 Å². The number of hydrazine groups is 2. The molecule has 0 amide bonds. The molecule has 0 unspecified atom stereocenters. The zero-order valence-corrected chi connectivity index (χ0v) is 2.86. The molecule has 5 heavy (non-hydrogen) atoms. The first-order valence-electron chi connectivity index (χ1n) is 0.931. The molecule has 0 saturated carbocycles. The van der Waals surface area contributed by atoms with Crippen LogP contribution in [0, 0.1) is 5.41 Å². The lowest BCUT2D eigenvalue weighted by Crippen LogP contribution is -2.29. The Hall–Kier alpha value is -0.450. The zero-order chi connectivity index (χ0) is 4.71. The molecule has 32 valence electrons. The molecule has 0 saturated heterocycles. The molecule has 0 bridgehead atoms. The fourth-order valence-electron chi connectivity index (χ4n) is 0. The minimum atomic E-state index is 1.75. The van der Waals surface area contributed by atoms with Crippen molar-refractivity contribution in [3.05, 3.63) is 0 Å². The molecule has 0 aromatic rings. The van der Waals surface area contributed by atoms with E-state index in [-0.39, 0.29) is 0 Å². The van der Waals surface area contributed by atoms with E-state index in [9.17, 15) is 0 Å². The molecule has 6 N–H and O–H groups in total. The van der Waals surface area contributed by atoms with E-state index >= 15 is 0 Å². The third-order valence-corrected chi connectivity index (χ3v) is 0. The fourth-order valence-corrected chi connectivity index (χ4v) is 0. The predicted octanol–water partition coefficient (Wildman–Crippen LogP) is -1.41. The van der Waals surface area contributed by atoms with Gasteiger partial charge >= 0.3 is 0 Å². The Bertz CT molecular complexity index is 7.61. The standard InChI is InChI=1S/CH3N.H5N3/c1-2;1-3-2/h2H,1H2;3H,1-2H2. The second-order valence-electron chi connectivity index (χ2n) is 0.167. The Labute approximate surface area is 30.6 Å². The monoisotopic (exact) mass is 76.1 g/mol. The SMILES string of the molecule is C=N.NNN. The Morgan fingerprint density at radius 3 is 1.40 bits per heavy atom. The molecule has 0 spiro atoms. The van der Waals surface area contributed by atoms with Crippen molar-refractivity contribution in [2.24, 2.45) is 11.7 Å². The second-order valence-corrected chi connectivity index (χ2v) is 0.167. The summed E-state index contributed by atoms with van der Waals surface area (Å²) in [6.07, 6.45) is 0. The molecule has 0 aliphatic heterocycles. The lowest BCUT2D eigenvalue weighted by molar-refractivity contribution is 0.803. The number of nitrogens with one attached hydrogen (secondary N) is 2. The van der Waals surface area contributed by atoms with E-state index in [1.165, 1.54) is 0 Å². The number of hydrogen-bond donors (Lipinski definition) is 4. The van der Waals surface area contributed by atoms with Gasteiger partial charge in [0.1, 0.15) is 0 Å². The van der Waals surface area contributed by atoms with Gasteiger partial charge in [-0.25, -0.2) is 0 Å². The van der Waals surface area contributed by atoms with Crippen molar-refractivity contribution in [2.75, 3.05) is 0 Å². The average Bonchev–Trinajstić information content (AvgIpc) is 1.46. The fraction of sp³-hybridized carbons (Fsp3) is 0. The summed E-state index contributed by atoms with van der Waals surface area (Å²) in [5, 5.41) is 5.50. The molecule has 0 aliphatic carbocycles. The van der Waals surface area contributed by atoms with Gasteiger partial charge in [-0.1, -0.05) is 0 Å². The molecule has 0 aromatic carbocycles. The van der Waals surface area contributed by atoms with Crippen molar-refractivity contribution in [1.29, 1.82) is 5.41 Å². The third kappa shape index (κ3) is 42.1. The van der Waals surface area contributed by atoms with E-state index in [4.69, 9.17) is 5.41 Å². The van der Waals surface area contributed by atoms with E-state index in [0.29, 0.717) is 0 Å². The van der Waals surface area contributed by atoms with Gasteiger partial charge in [-0.3, -0.25) is 11.7 Å². The Morgan fingerprint density at radius 1 is 1.40 bits per heavy atom. The molecule has 4 heteroatoms. The minimum Gasteiger partial charge on any atom is -0.317 e. The highest BCUT2D eigenvalue weighted by atomic mass is 15.4. The quantitative estimate of drug-likeness (QED) is 0.162. The largest absolute Gasteiger partial charge is 0.317 e. The van der Waals surface area contributed by atoms with Crippen LogP contribution in [0.3, 0.4) is 0 Å².